The summed E-state index contributed by atoms with van der Waals surface area (Å²) in [6, 6.07) is 7.66. The third-order valence-electron chi connectivity index (χ3n) is 3.02. The Morgan fingerprint density at radius 3 is 2.75 bits per heavy atom. The lowest BCUT2D eigenvalue weighted by atomic mass is 10.0. The second-order valence-corrected chi connectivity index (χ2v) is 5.74. The fourth-order valence-corrected chi connectivity index (χ4v) is 2.47. The minimum atomic E-state index is -0.976. The molecule has 1 aliphatic rings. The number of guanidine groups is 1. The SMILES string of the molecule is COC(=O)NC1=NCCC(c2ccc(S(C)=O)cc2)N1. The van der Waals surface area contributed by atoms with Gasteiger partial charge in [-0.1, -0.05) is 12.1 Å². The van der Waals surface area contributed by atoms with E-state index in [1.807, 2.05) is 24.3 Å². The van der Waals surface area contributed by atoms with Crippen LogP contribution in [-0.4, -0.2) is 36.2 Å². The first-order chi connectivity index (χ1) is 9.60. The van der Waals surface area contributed by atoms with Gasteiger partial charge < -0.3 is 10.1 Å². The van der Waals surface area contributed by atoms with Crippen molar-refractivity contribution in [3.8, 4) is 0 Å². The van der Waals surface area contributed by atoms with E-state index in [1.165, 1.54) is 7.11 Å². The van der Waals surface area contributed by atoms with Gasteiger partial charge >= 0.3 is 6.09 Å². The van der Waals surface area contributed by atoms with Crippen LogP contribution in [0.4, 0.5) is 4.79 Å². The summed E-state index contributed by atoms with van der Waals surface area (Å²) in [5, 5.41) is 5.67. The molecular weight excluding hydrogens is 278 g/mol. The first kappa shape index (κ1) is 14.5. The zero-order valence-electron chi connectivity index (χ0n) is 11.4. The molecule has 0 radical (unpaired) electrons. The molecule has 108 valence electrons. The Kier molecular flexibility index (Phi) is 4.73. The summed E-state index contributed by atoms with van der Waals surface area (Å²) in [5.74, 6) is 0.413. The van der Waals surface area contributed by atoms with Crippen LogP contribution in [-0.2, 0) is 15.5 Å². The number of rotatable bonds is 2. The van der Waals surface area contributed by atoms with Gasteiger partial charge in [-0.3, -0.25) is 14.5 Å². The Morgan fingerprint density at radius 2 is 2.15 bits per heavy atom. The van der Waals surface area contributed by atoms with Crippen molar-refractivity contribution in [2.75, 3.05) is 19.9 Å². The maximum atomic E-state index is 11.4. The summed E-state index contributed by atoms with van der Waals surface area (Å²) in [7, 11) is 0.329. The standard InChI is InChI=1S/C13H17N3O3S/c1-19-13(17)16-12-14-8-7-11(15-12)9-3-5-10(6-4-9)20(2)18/h3-6,11H,7-8H2,1-2H3,(H2,14,15,16,17). The van der Waals surface area contributed by atoms with Crippen LogP contribution < -0.4 is 10.6 Å². The molecule has 1 aliphatic heterocycles. The maximum absolute atomic E-state index is 11.4. The number of carbonyl (C=O) groups is 1. The van der Waals surface area contributed by atoms with Gasteiger partial charge in [0.1, 0.15) is 0 Å². The van der Waals surface area contributed by atoms with Crippen LogP contribution in [0, 0.1) is 0 Å². The third-order valence-corrected chi connectivity index (χ3v) is 3.95. The van der Waals surface area contributed by atoms with E-state index in [0.717, 1.165) is 16.9 Å². The van der Waals surface area contributed by atoms with E-state index < -0.39 is 16.9 Å². The van der Waals surface area contributed by atoms with Crippen LogP contribution in [0.15, 0.2) is 34.2 Å². The van der Waals surface area contributed by atoms with Crippen LogP contribution >= 0.6 is 0 Å². The minimum Gasteiger partial charge on any atom is -0.453 e. The lowest BCUT2D eigenvalue weighted by Crippen LogP contribution is -2.45. The van der Waals surface area contributed by atoms with Crippen molar-refractivity contribution in [3.63, 3.8) is 0 Å². The fourth-order valence-electron chi connectivity index (χ4n) is 1.95. The normalized spacial score (nSPS) is 19.5. The fraction of sp³-hybridized carbons (Fsp3) is 0.385. The van der Waals surface area contributed by atoms with Gasteiger partial charge in [-0.05, 0) is 24.1 Å². The van der Waals surface area contributed by atoms with Crippen molar-refractivity contribution in [1.82, 2.24) is 10.6 Å². The Labute approximate surface area is 120 Å². The highest BCUT2D eigenvalue weighted by atomic mass is 32.2. The van der Waals surface area contributed by atoms with Gasteiger partial charge in [0.15, 0.2) is 0 Å². The second-order valence-electron chi connectivity index (χ2n) is 4.36. The molecule has 7 heteroatoms. The molecule has 1 aromatic rings. The van der Waals surface area contributed by atoms with Crippen molar-refractivity contribution in [3.05, 3.63) is 29.8 Å². The predicted molar refractivity (Wildman–Crippen MR) is 77.1 cm³/mol. The van der Waals surface area contributed by atoms with Gasteiger partial charge in [0.05, 0.1) is 13.2 Å². The summed E-state index contributed by atoms with van der Waals surface area (Å²) in [6.07, 6.45) is 1.94. The zero-order chi connectivity index (χ0) is 14.5. The topological polar surface area (TPSA) is 79.8 Å². The molecule has 1 amide bonds. The average Bonchev–Trinajstić information content (AvgIpc) is 2.47. The lowest BCUT2D eigenvalue weighted by Gasteiger charge is -2.24. The summed E-state index contributed by atoms with van der Waals surface area (Å²) in [5.41, 5.74) is 1.07. The van der Waals surface area contributed by atoms with Crippen LogP contribution in [0.3, 0.4) is 0 Å². The molecule has 0 aromatic heterocycles. The maximum Gasteiger partial charge on any atom is 0.413 e. The largest absolute Gasteiger partial charge is 0.453 e. The van der Waals surface area contributed by atoms with Gasteiger partial charge in [-0.15, -0.1) is 0 Å². The molecular formula is C13H17N3O3S. The molecule has 0 saturated heterocycles. The van der Waals surface area contributed by atoms with E-state index >= 15 is 0 Å². The van der Waals surface area contributed by atoms with Gasteiger partial charge in [-0.2, -0.15) is 0 Å². The van der Waals surface area contributed by atoms with E-state index in [1.54, 1.807) is 6.26 Å². The van der Waals surface area contributed by atoms with E-state index in [-0.39, 0.29) is 6.04 Å². The molecule has 0 aliphatic carbocycles. The number of hydrogen-bond acceptors (Lipinski definition) is 5. The average molecular weight is 295 g/mol. The zero-order valence-corrected chi connectivity index (χ0v) is 12.2. The highest BCUT2D eigenvalue weighted by Crippen LogP contribution is 2.20. The Hall–Kier alpha value is -1.89. The minimum absolute atomic E-state index is 0.0685. The first-order valence-electron chi connectivity index (χ1n) is 6.19. The van der Waals surface area contributed by atoms with Crippen LogP contribution in [0.5, 0.6) is 0 Å². The predicted octanol–water partition coefficient (Wildman–Crippen LogP) is 1.17. The smallest absolute Gasteiger partial charge is 0.413 e. The Balaban J connectivity index is 2.05. The molecule has 2 rings (SSSR count). The molecule has 20 heavy (non-hydrogen) atoms. The van der Waals surface area contributed by atoms with Crippen LogP contribution in [0.1, 0.15) is 18.0 Å². The summed E-state index contributed by atoms with van der Waals surface area (Å²) in [4.78, 5) is 16.1. The number of hydrogen-bond donors (Lipinski definition) is 2. The number of alkyl carbamates (subject to hydrolysis) is 1. The monoisotopic (exact) mass is 295 g/mol. The molecule has 6 nitrogen and oxygen atoms in total. The Morgan fingerprint density at radius 1 is 1.45 bits per heavy atom. The van der Waals surface area contributed by atoms with Crippen molar-refractivity contribution >= 4 is 22.9 Å². The molecule has 1 aromatic carbocycles. The number of nitrogens with zero attached hydrogens (tertiary/aromatic N) is 1. The van der Waals surface area contributed by atoms with E-state index in [9.17, 15) is 9.00 Å². The van der Waals surface area contributed by atoms with Gasteiger partial charge in [0, 0.05) is 28.5 Å². The van der Waals surface area contributed by atoms with Crippen LogP contribution in [0.25, 0.3) is 0 Å². The lowest BCUT2D eigenvalue weighted by molar-refractivity contribution is 0.176. The molecule has 2 N–H and O–H groups in total. The molecule has 0 bridgehead atoms. The van der Waals surface area contributed by atoms with Crippen molar-refractivity contribution < 1.29 is 13.7 Å². The first-order valence-corrected chi connectivity index (χ1v) is 7.75. The quantitative estimate of drug-likeness (QED) is 0.858. The molecule has 1 heterocycles. The van der Waals surface area contributed by atoms with E-state index in [2.05, 4.69) is 20.4 Å². The second kappa shape index (κ2) is 6.51. The van der Waals surface area contributed by atoms with Crippen molar-refractivity contribution in [1.29, 1.82) is 0 Å². The number of carbonyl (C=O) groups excluding carboxylic acids is 1. The molecule has 0 saturated carbocycles. The van der Waals surface area contributed by atoms with Gasteiger partial charge in [0.2, 0.25) is 5.96 Å². The summed E-state index contributed by atoms with van der Waals surface area (Å²) >= 11 is 0. The molecule has 0 spiro atoms. The van der Waals surface area contributed by atoms with Crippen molar-refractivity contribution in [2.45, 2.75) is 17.4 Å². The number of benzene rings is 1. The number of methoxy groups -OCH3 is 1. The number of amides is 1. The number of ether oxygens (including phenoxy) is 1. The van der Waals surface area contributed by atoms with Gasteiger partial charge in [0.25, 0.3) is 0 Å². The van der Waals surface area contributed by atoms with Crippen LogP contribution in [0.2, 0.25) is 0 Å². The summed E-state index contributed by atoms with van der Waals surface area (Å²) in [6.45, 7) is 0.623. The molecule has 2 atom stereocenters. The highest BCUT2D eigenvalue weighted by molar-refractivity contribution is 7.84. The Bertz CT molecular complexity index is 542. The van der Waals surface area contributed by atoms with E-state index in [0.29, 0.717) is 12.5 Å². The van der Waals surface area contributed by atoms with E-state index in [4.69, 9.17) is 0 Å². The molecule has 2 unspecified atom stereocenters. The summed E-state index contributed by atoms with van der Waals surface area (Å²) < 4.78 is 15.9. The highest BCUT2D eigenvalue weighted by Gasteiger charge is 2.18. The number of nitrogens with one attached hydrogen (secondary N) is 2. The molecule has 0 fully saturated rings. The van der Waals surface area contributed by atoms with Crippen molar-refractivity contribution in [2.24, 2.45) is 4.99 Å². The van der Waals surface area contributed by atoms with Gasteiger partial charge in [-0.25, -0.2) is 4.79 Å². The third kappa shape index (κ3) is 3.57. The number of aliphatic imine (C=N–C) groups is 1.